The maximum absolute atomic E-state index is 12.0. The Morgan fingerprint density at radius 2 is 2.13 bits per heavy atom. The first-order valence-corrected chi connectivity index (χ1v) is 7.48. The van der Waals surface area contributed by atoms with Crippen molar-refractivity contribution >= 4 is 17.7 Å². The first kappa shape index (κ1) is 13.8. The summed E-state index contributed by atoms with van der Waals surface area (Å²) in [5.41, 5.74) is 9.10. The number of nitrogens with two attached hydrogens (primary N) is 1. The van der Waals surface area contributed by atoms with Crippen LogP contribution in [0.2, 0.25) is 0 Å². The van der Waals surface area contributed by atoms with Gasteiger partial charge in [0.25, 0.3) is 5.91 Å². The van der Waals surface area contributed by atoms with Gasteiger partial charge in [-0.1, -0.05) is 5.16 Å². The molecule has 2 aromatic rings. The van der Waals surface area contributed by atoms with Crippen LogP contribution in [0.1, 0.15) is 17.5 Å². The van der Waals surface area contributed by atoms with Gasteiger partial charge in [-0.3, -0.25) is 9.69 Å². The Morgan fingerprint density at radius 3 is 2.91 bits per heavy atom. The Balaban J connectivity index is 1.70. The molecular weight excluding hydrogens is 298 g/mol. The lowest BCUT2D eigenvalue weighted by molar-refractivity contribution is -0.124. The third kappa shape index (κ3) is 2.25. The van der Waals surface area contributed by atoms with E-state index in [9.17, 15) is 9.59 Å². The molecular formula is C16H15N3O4. The van der Waals surface area contributed by atoms with Gasteiger partial charge in [0.1, 0.15) is 0 Å². The second kappa shape index (κ2) is 5.12. The second-order valence-corrected chi connectivity index (χ2v) is 5.76. The normalized spacial score (nSPS) is 19.7. The summed E-state index contributed by atoms with van der Waals surface area (Å²) in [7, 11) is 0. The lowest BCUT2D eigenvalue weighted by atomic mass is 10.0. The van der Waals surface area contributed by atoms with Crippen molar-refractivity contribution in [3.63, 3.8) is 0 Å². The van der Waals surface area contributed by atoms with Gasteiger partial charge in [-0.2, -0.15) is 0 Å². The first-order valence-electron chi connectivity index (χ1n) is 7.48. The van der Waals surface area contributed by atoms with Gasteiger partial charge in [0.15, 0.2) is 11.9 Å². The molecule has 2 heterocycles. The lowest BCUT2D eigenvalue weighted by Gasteiger charge is -2.15. The zero-order valence-corrected chi connectivity index (χ0v) is 12.3. The number of hydrogen-bond donors (Lipinski definition) is 1. The molecule has 1 aromatic heterocycles. The highest BCUT2D eigenvalue weighted by atomic mass is 16.6. The van der Waals surface area contributed by atoms with E-state index in [1.54, 1.807) is 6.20 Å². The van der Waals surface area contributed by atoms with Crippen molar-refractivity contribution < 1.29 is 18.8 Å². The number of amides is 2. The molecule has 0 bridgehead atoms. The fourth-order valence-electron chi connectivity index (χ4n) is 3.13. The molecule has 1 saturated heterocycles. The molecule has 1 fully saturated rings. The lowest BCUT2D eigenvalue weighted by Crippen LogP contribution is -2.32. The predicted octanol–water partition coefficient (Wildman–Crippen LogP) is 1.64. The van der Waals surface area contributed by atoms with Crippen LogP contribution >= 0.6 is 0 Å². The average Bonchev–Trinajstić information content (AvgIpc) is 3.10. The Labute approximate surface area is 132 Å². The number of hydrogen-bond acceptors (Lipinski definition) is 5. The number of carbonyl (C=O) groups excluding carboxylic acids is 2. The van der Waals surface area contributed by atoms with Crippen LogP contribution < -0.4 is 10.6 Å². The van der Waals surface area contributed by atoms with E-state index in [-0.39, 0.29) is 6.54 Å². The second-order valence-electron chi connectivity index (χ2n) is 5.76. The number of benzene rings is 1. The number of carbonyl (C=O) groups is 2. The number of rotatable bonds is 2. The summed E-state index contributed by atoms with van der Waals surface area (Å²) in [5, 5.41) is 3.87. The first-order chi connectivity index (χ1) is 11.1. The summed E-state index contributed by atoms with van der Waals surface area (Å²) < 4.78 is 10.4. The van der Waals surface area contributed by atoms with Crippen molar-refractivity contribution in [2.45, 2.75) is 25.4 Å². The fourth-order valence-corrected chi connectivity index (χ4v) is 3.13. The maximum atomic E-state index is 12.0. The Morgan fingerprint density at radius 1 is 1.30 bits per heavy atom. The molecule has 7 heteroatoms. The number of nitrogens with zero attached hydrogens (tertiary/aromatic N) is 2. The summed E-state index contributed by atoms with van der Waals surface area (Å²) >= 11 is 0. The van der Waals surface area contributed by atoms with Gasteiger partial charge in [-0.25, -0.2) is 4.79 Å². The van der Waals surface area contributed by atoms with Crippen LogP contribution in [0, 0.1) is 0 Å². The van der Waals surface area contributed by atoms with Crippen molar-refractivity contribution in [1.82, 2.24) is 5.16 Å². The third-order valence-corrected chi connectivity index (χ3v) is 4.31. The van der Waals surface area contributed by atoms with Gasteiger partial charge in [0, 0.05) is 16.8 Å². The smallest absolute Gasteiger partial charge is 0.415 e. The van der Waals surface area contributed by atoms with Crippen LogP contribution in [0.15, 0.2) is 28.9 Å². The van der Waals surface area contributed by atoms with Crippen molar-refractivity contribution in [2.75, 3.05) is 11.4 Å². The molecule has 0 radical (unpaired) electrons. The molecule has 1 atom stereocenters. The number of aryl methyl sites for hydroxylation is 2. The third-order valence-electron chi connectivity index (χ3n) is 4.31. The standard InChI is InChI=1S/C16H15N3O4/c17-15(20)13-8-19(16(21)22-13)11-4-5-12-9(6-11)2-1-3-10-7-18-23-14(10)12/h4-7,13H,1-3,8H2,(H2,17,20)/t13-/m1/s1. The van der Waals surface area contributed by atoms with E-state index in [4.69, 9.17) is 15.0 Å². The summed E-state index contributed by atoms with van der Waals surface area (Å²) in [6.45, 7) is 0.139. The summed E-state index contributed by atoms with van der Waals surface area (Å²) in [6.07, 6.45) is 3.09. The largest absolute Gasteiger partial charge is 0.434 e. The number of aromatic nitrogens is 1. The number of fused-ring (bicyclic) bond motifs is 3. The zero-order chi connectivity index (χ0) is 16.0. The van der Waals surface area contributed by atoms with Crippen molar-refractivity contribution in [2.24, 2.45) is 5.73 Å². The molecule has 7 nitrogen and oxygen atoms in total. The minimum atomic E-state index is -0.901. The van der Waals surface area contributed by atoms with Crippen LogP contribution in [0.4, 0.5) is 10.5 Å². The van der Waals surface area contributed by atoms with Gasteiger partial charge in [0.2, 0.25) is 0 Å². The molecule has 2 amide bonds. The van der Waals surface area contributed by atoms with Crippen LogP contribution in [0.5, 0.6) is 0 Å². The van der Waals surface area contributed by atoms with Crippen LogP contribution in [-0.2, 0) is 22.4 Å². The van der Waals surface area contributed by atoms with Crippen LogP contribution in [0.25, 0.3) is 11.3 Å². The summed E-state index contributed by atoms with van der Waals surface area (Å²) in [4.78, 5) is 24.6. The Kier molecular flexibility index (Phi) is 3.07. The number of cyclic esters (lactones) is 1. The quantitative estimate of drug-likeness (QED) is 0.908. The monoisotopic (exact) mass is 313 g/mol. The minimum Gasteiger partial charge on any atom is -0.434 e. The van der Waals surface area contributed by atoms with Crippen molar-refractivity contribution in [3.8, 4) is 11.3 Å². The maximum Gasteiger partial charge on any atom is 0.415 e. The van der Waals surface area contributed by atoms with Gasteiger partial charge in [-0.15, -0.1) is 0 Å². The van der Waals surface area contributed by atoms with E-state index in [1.165, 1.54) is 4.90 Å². The minimum absolute atomic E-state index is 0.139. The van der Waals surface area contributed by atoms with E-state index in [0.29, 0.717) is 5.69 Å². The number of primary amides is 1. The molecule has 2 N–H and O–H groups in total. The van der Waals surface area contributed by atoms with Crippen LogP contribution in [-0.4, -0.2) is 29.8 Å². The molecule has 23 heavy (non-hydrogen) atoms. The molecule has 0 spiro atoms. The topological polar surface area (TPSA) is 98.7 Å². The SMILES string of the molecule is NC(=O)[C@H]1CN(c2ccc3c(c2)CCCc2cnoc2-3)C(=O)O1. The summed E-state index contributed by atoms with van der Waals surface area (Å²) in [6, 6.07) is 5.68. The highest BCUT2D eigenvalue weighted by Crippen LogP contribution is 2.35. The van der Waals surface area contributed by atoms with E-state index in [2.05, 4.69) is 5.16 Å². The Hall–Kier alpha value is -2.83. The zero-order valence-electron chi connectivity index (χ0n) is 12.3. The van der Waals surface area contributed by atoms with Gasteiger partial charge in [-0.05, 0) is 43.0 Å². The number of ether oxygens (including phenoxy) is 1. The van der Waals surface area contributed by atoms with E-state index >= 15 is 0 Å². The van der Waals surface area contributed by atoms with Gasteiger partial charge < -0.3 is 15.0 Å². The van der Waals surface area contributed by atoms with Crippen molar-refractivity contribution in [1.29, 1.82) is 0 Å². The fraction of sp³-hybridized carbons (Fsp3) is 0.312. The molecule has 1 aromatic carbocycles. The average molecular weight is 313 g/mol. The molecule has 2 aliphatic rings. The molecule has 118 valence electrons. The van der Waals surface area contributed by atoms with E-state index in [0.717, 1.165) is 41.7 Å². The molecule has 1 aliphatic heterocycles. The van der Waals surface area contributed by atoms with Gasteiger partial charge >= 0.3 is 6.09 Å². The molecule has 0 saturated carbocycles. The van der Waals surface area contributed by atoms with E-state index in [1.807, 2.05) is 18.2 Å². The van der Waals surface area contributed by atoms with Gasteiger partial charge in [0.05, 0.1) is 12.7 Å². The van der Waals surface area contributed by atoms with Crippen LogP contribution in [0.3, 0.4) is 0 Å². The van der Waals surface area contributed by atoms with E-state index < -0.39 is 18.1 Å². The number of anilines is 1. The highest BCUT2D eigenvalue weighted by molar-refractivity contribution is 5.95. The highest BCUT2D eigenvalue weighted by Gasteiger charge is 2.36. The Bertz CT molecular complexity index is 798. The molecule has 0 unspecified atom stereocenters. The van der Waals surface area contributed by atoms with Crippen molar-refractivity contribution in [3.05, 3.63) is 35.5 Å². The predicted molar refractivity (Wildman–Crippen MR) is 80.8 cm³/mol. The molecule has 4 rings (SSSR count). The summed E-state index contributed by atoms with van der Waals surface area (Å²) in [5.74, 6) is 0.157. The molecule has 1 aliphatic carbocycles.